The van der Waals surface area contributed by atoms with E-state index in [4.69, 9.17) is 4.74 Å². The van der Waals surface area contributed by atoms with Gasteiger partial charge in [0.1, 0.15) is 18.2 Å². The number of hydrogen-bond acceptors (Lipinski definition) is 2. The highest BCUT2D eigenvalue weighted by atomic mass is 79.9. The molecule has 0 fully saturated rings. The first kappa shape index (κ1) is 19.1. The Hall–Kier alpha value is -1.65. The summed E-state index contributed by atoms with van der Waals surface area (Å²) in [6, 6.07) is 12.7. The van der Waals surface area contributed by atoms with Crippen LogP contribution in [0.1, 0.15) is 43.2 Å². The molecule has 2 nitrogen and oxygen atoms in total. The molecule has 0 atom stereocenters. The van der Waals surface area contributed by atoms with E-state index in [1.807, 2.05) is 18.2 Å². The highest BCUT2D eigenvalue weighted by Gasteiger charge is 2.08. The van der Waals surface area contributed by atoms with Crippen LogP contribution in [0, 0.1) is 5.82 Å². The van der Waals surface area contributed by atoms with Crippen LogP contribution in [0.3, 0.4) is 0 Å². The summed E-state index contributed by atoms with van der Waals surface area (Å²) in [5, 5.41) is 3.51. The minimum Gasteiger partial charge on any atom is -0.488 e. The predicted octanol–water partition coefficient (Wildman–Crippen LogP) is 6.15. The molecular formula is C22H25BrFNO. The van der Waals surface area contributed by atoms with Gasteiger partial charge in [-0.15, -0.1) is 0 Å². The zero-order valence-corrected chi connectivity index (χ0v) is 16.5. The van der Waals surface area contributed by atoms with E-state index < -0.39 is 0 Å². The molecule has 2 aromatic rings. The van der Waals surface area contributed by atoms with Crippen LogP contribution in [-0.4, -0.2) is 6.54 Å². The Labute approximate surface area is 163 Å². The van der Waals surface area contributed by atoms with Crippen molar-refractivity contribution in [2.75, 3.05) is 6.54 Å². The second-order valence-electron chi connectivity index (χ2n) is 6.67. The first-order valence-electron chi connectivity index (χ1n) is 9.25. The Balaban J connectivity index is 1.55. The van der Waals surface area contributed by atoms with Gasteiger partial charge in [-0.3, -0.25) is 0 Å². The van der Waals surface area contributed by atoms with Crippen LogP contribution in [0.5, 0.6) is 5.75 Å². The monoisotopic (exact) mass is 417 g/mol. The summed E-state index contributed by atoms with van der Waals surface area (Å²) in [5.41, 5.74) is 3.22. The van der Waals surface area contributed by atoms with Crippen LogP contribution in [0.25, 0.3) is 0 Å². The number of benzene rings is 2. The standard InChI is InChI=1S/C22H25BrFNO/c23-20-10-11-22(26-16-18-8-4-5-9-21(18)24)19(14-20)15-25-13-12-17-6-2-1-3-7-17/h4-6,8-11,14,25H,1-3,7,12-13,15-16H2. The quantitative estimate of drug-likeness (QED) is 0.410. The number of nitrogens with one attached hydrogen (secondary N) is 1. The largest absolute Gasteiger partial charge is 0.488 e. The zero-order chi connectivity index (χ0) is 18.2. The summed E-state index contributed by atoms with van der Waals surface area (Å²) in [5.74, 6) is 0.561. The molecular weight excluding hydrogens is 393 g/mol. The van der Waals surface area contributed by atoms with Gasteiger partial charge in [-0.05, 0) is 62.9 Å². The SMILES string of the molecule is Fc1ccccc1COc1ccc(Br)cc1CNCCC1=CCCCC1. The molecule has 0 saturated heterocycles. The van der Waals surface area contributed by atoms with Crippen molar-refractivity contribution in [1.29, 1.82) is 0 Å². The molecule has 0 unspecified atom stereocenters. The molecule has 0 radical (unpaired) electrons. The van der Waals surface area contributed by atoms with Crippen molar-refractivity contribution in [3.8, 4) is 5.75 Å². The molecule has 26 heavy (non-hydrogen) atoms. The van der Waals surface area contributed by atoms with Gasteiger partial charge >= 0.3 is 0 Å². The predicted molar refractivity (Wildman–Crippen MR) is 108 cm³/mol. The Bertz CT molecular complexity index is 760. The van der Waals surface area contributed by atoms with Gasteiger partial charge in [0, 0.05) is 22.1 Å². The highest BCUT2D eigenvalue weighted by Crippen LogP contribution is 2.25. The fourth-order valence-electron chi connectivity index (χ4n) is 3.20. The number of allylic oxidation sites excluding steroid dienone is 1. The summed E-state index contributed by atoms with van der Waals surface area (Å²) in [7, 11) is 0. The van der Waals surface area contributed by atoms with Gasteiger partial charge in [-0.25, -0.2) is 4.39 Å². The van der Waals surface area contributed by atoms with Crippen molar-refractivity contribution >= 4 is 15.9 Å². The molecule has 4 heteroatoms. The Morgan fingerprint density at radius 3 is 2.77 bits per heavy atom. The average molecular weight is 418 g/mol. The van der Waals surface area contributed by atoms with Crippen molar-refractivity contribution in [1.82, 2.24) is 5.32 Å². The second-order valence-corrected chi connectivity index (χ2v) is 7.58. The molecule has 0 aromatic heterocycles. The molecule has 138 valence electrons. The summed E-state index contributed by atoms with van der Waals surface area (Å²) in [6.45, 7) is 1.93. The smallest absolute Gasteiger partial charge is 0.129 e. The maximum atomic E-state index is 13.8. The van der Waals surface area contributed by atoms with E-state index in [9.17, 15) is 4.39 Å². The third kappa shape index (κ3) is 5.68. The molecule has 1 aliphatic rings. The summed E-state index contributed by atoms with van der Waals surface area (Å²) in [6.07, 6.45) is 8.64. The maximum absolute atomic E-state index is 13.8. The topological polar surface area (TPSA) is 21.3 Å². The van der Waals surface area contributed by atoms with Crippen LogP contribution in [0.15, 0.2) is 58.6 Å². The van der Waals surface area contributed by atoms with Crippen molar-refractivity contribution < 1.29 is 9.13 Å². The molecule has 1 aliphatic carbocycles. The van der Waals surface area contributed by atoms with Gasteiger partial charge < -0.3 is 10.1 Å². The van der Waals surface area contributed by atoms with E-state index in [-0.39, 0.29) is 12.4 Å². The van der Waals surface area contributed by atoms with Gasteiger partial charge in [-0.1, -0.05) is 45.8 Å². The van der Waals surface area contributed by atoms with Gasteiger partial charge in [0.15, 0.2) is 0 Å². The Kier molecular flexibility index (Phi) is 7.27. The fraction of sp³-hybridized carbons (Fsp3) is 0.364. The number of halogens is 2. The maximum Gasteiger partial charge on any atom is 0.129 e. The lowest BCUT2D eigenvalue weighted by molar-refractivity contribution is 0.296. The molecule has 2 aromatic carbocycles. The van der Waals surface area contributed by atoms with Gasteiger partial charge in [0.05, 0.1) is 0 Å². The molecule has 0 amide bonds. The van der Waals surface area contributed by atoms with E-state index in [0.717, 1.165) is 35.3 Å². The molecule has 0 saturated carbocycles. The highest BCUT2D eigenvalue weighted by molar-refractivity contribution is 9.10. The van der Waals surface area contributed by atoms with Crippen LogP contribution in [-0.2, 0) is 13.2 Å². The zero-order valence-electron chi connectivity index (χ0n) is 14.9. The first-order chi connectivity index (χ1) is 12.7. The Morgan fingerprint density at radius 2 is 1.96 bits per heavy atom. The van der Waals surface area contributed by atoms with Crippen molar-refractivity contribution in [2.24, 2.45) is 0 Å². The van der Waals surface area contributed by atoms with Crippen molar-refractivity contribution in [3.05, 3.63) is 75.5 Å². The van der Waals surface area contributed by atoms with E-state index in [0.29, 0.717) is 5.56 Å². The lowest BCUT2D eigenvalue weighted by Crippen LogP contribution is -2.16. The summed E-state index contributed by atoms with van der Waals surface area (Å²) < 4.78 is 20.7. The van der Waals surface area contributed by atoms with Crippen LogP contribution < -0.4 is 10.1 Å². The van der Waals surface area contributed by atoms with Gasteiger partial charge in [-0.2, -0.15) is 0 Å². The summed E-state index contributed by atoms with van der Waals surface area (Å²) >= 11 is 3.52. The third-order valence-corrected chi connectivity index (χ3v) is 5.18. The molecule has 0 bridgehead atoms. The van der Waals surface area contributed by atoms with Crippen LogP contribution in [0.2, 0.25) is 0 Å². The van der Waals surface area contributed by atoms with Crippen molar-refractivity contribution in [2.45, 2.75) is 45.3 Å². The lowest BCUT2D eigenvalue weighted by atomic mass is 9.97. The molecule has 0 aliphatic heterocycles. The normalized spacial score (nSPS) is 14.2. The fourth-order valence-corrected chi connectivity index (χ4v) is 3.61. The molecule has 0 spiro atoms. The van der Waals surface area contributed by atoms with E-state index in [1.54, 1.807) is 17.7 Å². The van der Waals surface area contributed by atoms with Crippen LogP contribution in [0.4, 0.5) is 4.39 Å². The minimum absolute atomic E-state index is 0.230. The molecule has 0 heterocycles. The number of rotatable bonds is 8. The van der Waals surface area contributed by atoms with Gasteiger partial charge in [0.25, 0.3) is 0 Å². The third-order valence-electron chi connectivity index (χ3n) is 4.69. The minimum atomic E-state index is -0.231. The van der Waals surface area contributed by atoms with E-state index in [1.165, 1.54) is 31.7 Å². The second kappa shape index (κ2) is 9.89. The first-order valence-corrected chi connectivity index (χ1v) is 10.0. The number of hydrogen-bond donors (Lipinski definition) is 1. The van der Waals surface area contributed by atoms with Gasteiger partial charge in [0.2, 0.25) is 0 Å². The van der Waals surface area contributed by atoms with E-state index in [2.05, 4.69) is 33.4 Å². The molecule has 1 N–H and O–H groups in total. The number of ether oxygens (including phenoxy) is 1. The lowest BCUT2D eigenvalue weighted by Gasteiger charge is -2.15. The molecule has 3 rings (SSSR count). The van der Waals surface area contributed by atoms with Crippen LogP contribution >= 0.6 is 15.9 Å². The summed E-state index contributed by atoms with van der Waals surface area (Å²) in [4.78, 5) is 0. The Morgan fingerprint density at radius 1 is 1.08 bits per heavy atom. The van der Waals surface area contributed by atoms with Crippen molar-refractivity contribution in [3.63, 3.8) is 0 Å². The van der Waals surface area contributed by atoms with E-state index >= 15 is 0 Å². The average Bonchev–Trinajstić information content (AvgIpc) is 2.66.